The molecule has 1 aliphatic carbocycles. The number of nitrogens with zero attached hydrogens (tertiary/aromatic N) is 3. The van der Waals surface area contributed by atoms with Crippen LogP contribution in [0.5, 0.6) is 5.75 Å². The maximum absolute atomic E-state index is 13.2. The summed E-state index contributed by atoms with van der Waals surface area (Å²) in [7, 11) is 0. The van der Waals surface area contributed by atoms with Crippen LogP contribution in [-0.4, -0.2) is 63.3 Å². The molecule has 1 saturated carbocycles. The van der Waals surface area contributed by atoms with E-state index in [0.717, 1.165) is 44.3 Å². The Kier molecular flexibility index (Phi) is 8.24. The molecule has 8 nitrogen and oxygen atoms in total. The van der Waals surface area contributed by atoms with E-state index < -0.39 is 23.8 Å². The number of aliphatic hydroxyl groups excluding tert-OH is 1. The number of benzene rings is 3. The fraction of sp³-hybridized carbons (Fsp3) is 0.344. The number of fused-ring (bicyclic) bond motifs is 1. The molecule has 3 aromatic carbocycles. The number of ketones is 1. The number of likely N-dealkylation sites (tertiary alicyclic amines) is 1. The van der Waals surface area contributed by atoms with E-state index in [1.165, 1.54) is 12.1 Å². The average Bonchev–Trinajstić information content (AvgIpc) is 3.48. The van der Waals surface area contributed by atoms with Crippen LogP contribution in [0.3, 0.4) is 0 Å². The summed E-state index contributed by atoms with van der Waals surface area (Å²) in [4.78, 5) is 28.7. The summed E-state index contributed by atoms with van der Waals surface area (Å²) in [5.41, 5.74) is 2.31. The number of carbonyl (C=O) groups excluding carboxylic acids is 2. The second kappa shape index (κ2) is 12.2. The molecule has 218 valence electrons. The molecule has 2 N–H and O–H groups in total. The molecule has 0 spiro atoms. The fourth-order valence-electron chi connectivity index (χ4n) is 5.30. The molecule has 2 heterocycles. The zero-order valence-corrected chi connectivity index (χ0v) is 23.8. The molecule has 1 amide bonds. The van der Waals surface area contributed by atoms with Crippen LogP contribution < -0.4 is 10.1 Å². The van der Waals surface area contributed by atoms with Crippen LogP contribution in [0.4, 0.5) is 4.39 Å². The minimum atomic E-state index is -1.08. The number of aromatic nitrogens is 2. The van der Waals surface area contributed by atoms with Gasteiger partial charge in [-0.1, -0.05) is 29.8 Å². The van der Waals surface area contributed by atoms with Crippen molar-refractivity contribution in [1.82, 2.24) is 20.0 Å². The van der Waals surface area contributed by atoms with Gasteiger partial charge in [0.2, 0.25) is 5.78 Å². The molecule has 1 saturated heterocycles. The molecule has 2 atom stereocenters. The number of carbonyl (C=O) groups is 2. The topological polar surface area (TPSA) is 96.7 Å². The van der Waals surface area contributed by atoms with Gasteiger partial charge in [-0.05, 0) is 92.4 Å². The minimum Gasteiger partial charge on any atom is -0.489 e. The second-order valence-corrected chi connectivity index (χ2v) is 11.5. The summed E-state index contributed by atoms with van der Waals surface area (Å²) in [5.74, 6) is -1.23. The Labute approximate surface area is 248 Å². The Balaban J connectivity index is 1.17. The van der Waals surface area contributed by atoms with Crippen LogP contribution >= 0.6 is 11.6 Å². The summed E-state index contributed by atoms with van der Waals surface area (Å²) in [6, 6.07) is 15.5. The summed E-state index contributed by atoms with van der Waals surface area (Å²) < 4.78 is 20.8. The van der Waals surface area contributed by atoms with Crippen molar-refractivity contribution in [2.45, 2.75) is 50.5 Å². The normalized spacial score (nSPS) is 16.8. The van der Waals surface area contributed by atoms with Gasteiger partial charge in [0.15, 0.2) is 0 Å². The quantitative estimate of drug-likeness (QED) is 0.190. The zero-order chi connectivity index (χ0) is 29.2. The first-order valence-corrected chi connectivity index (χ1v) is 14.6. The maximum Gasteiger partial charge on any atom is 0.292 e. The van der Waals surface area contributed by atoms with Gasteiger partial charge in [0.05, 0.1) is 29.2 Å². The van der Waals surface area contributed by atoms with Crippen molar-refractivity contribution in [2.75, 3.05) is 19.6 Å². The molecule has 2 fully saturated rings. The van der Waals surface area contributed by atoms with Gasteiger partial charge in [0.1, 0.15) is 17.7 Å². The SMILES string of the molecule is O=C(N[C@H](CN1CCCC1)[C@H](O)c1ccc(OC2CC2)c(Cl)c1)C(=O)c1ccc2nn(Cc3ccc(F)cc3)cc2c1. The third-order valence-corrected chi connectivity index (χ3v) is 8.04. The van der Waals surface area contributed by atoms with Gasteiger partial charge >= 0.3 is 0 Å². The van der Waals surface area contributed by atoms with Crippen LogP contribution in [0.2, 0.25) is 5.02 Å². The zero-order valence-electron chi connectivity index (χ0n) is 23.0. The molecule has 2 aliphatic rings. The van der Waals surface area contributed by atoms with E-state index in [-0.39, 0.29) is 17.5 Å². The van der Waals surface area contributed by atoms with Crippen molar-refractivity contribution < 1.29 is 23.8 Å². The first-order chi connectivity index (χ1) is 20.3. The highest BCUT2D eigenvalue weighted by Gasteiger charge is 2.30. The summed E-state index contributed by atoms with van der Waals surface area (Å²) in [6.07, 6.45) is 4.99. The predicted molar refractivity (Wildman–Crippen MR) is 157 cm³/mol. The van der Waals surface area contributed by atoms with Crippen molar-refractivity contribution in [2.24, 2.45) is 0 Å². The van der Waals surface area contributed by atoms with E-state index in [1.54, 1.807) is 59.4 Å². The highest BCUT2D eigenvalue weighted by molar-refractivity contribution is 6.43. The lowest BCUT2D eigenvalue weighted by Gasteiger charge is -2.28. The Bertz CT molecular complexity index is 1600. The van der Waals surface area contributed by atoms with Gasteiger partial charge in [-0.3, -0.25) is 14.3 Å². The molecule has 4 aromatic rings. The number of aliphatic hydroxyl groups is 1. The summed E-state index contributed by atoms with van der Waals surface area (Å²) in [6.45, 7) is 2.56. The van der Waals surface area contributed by atoms with E-state index in [9.17, 15) is 19.1 Å². The number of nitrogens with one attached hydrogen (secondary N) is 1. The van der Waals surface area contributed by atoms with Crippen molar-refractivity contribution >= 4 is 34.2 Å². The number of halogens is 2. The van der Waals surface area contributed by atoms with E-state index in [0.29, 0.717) is 40.3 Å². The predicted octanol–water partition coefficient (Wildman–Crippen LogP) is 4.92. The van der Waals surface area contributed by atoms with Crippen LogP contribution in [0.25, 0.3) is 10.9 Å². The highest BCUT2D eigenvalue weighted by Crippen LogP contribution is 2.34. The van der Waals surface area contributed by atoms with Gasteiger partial charge in [-0.15, -0.1) is 0 Å². The highest BCUT2D eigenvalue weighted by atomic mass is 35.5. The molecule has 0 radical (unpaired) electrons. The van der Waals surface area contributed by atoms with Crippen molar-refractivity contribution in [3.63, 3.8) is 0 Å². The number of Topliss-reactive ketones (excluding diaryl/α,β-unsaturated/α-hetero) is 1. The number of hydrogen-bond acceptors (Lipinski definition) is 6. The maximum atomic E-state index is 13.2. The van der Waals surface area contributed by atoms with Gasteiger partial charge in [-0.2, -0.15) is 5.10 Å². The van der Waals surface area contributed by atoms with Crippen LogP contribution in [0, 0.1) is 5.82 Å². The fourth-order valence-corrected chi connectivity index (χ4v) is 5.54. The number of amides is 1. The van der Waals surface area contributed by atoms with Crippen LogP contribution in [0.1, 0.15) is 53.3 Å². The monoisotopic (exact) mass is 590 g/mol. The standard InChI is InChI=1S/C32H32ClFN4O4/c33-26-16-22(6-12-29(26)42-25-9-10-25)30(39)28(19-37-13-1-2-14-37)35-32(41)31(40)21-5-11-27-23(15-21)18-38(36-27)17-20-3-7-24(34)8-4-20/h3-8,11-12,15-16,18,25,28,30,39H,1-2,9-10,13-14,17,19H2,(H,35,41)/t28-,30-/m1/s1. The first kappa shape index (κ1) is 28.3. The van der Waals surface area contributed by atoms with Gasteiger partial charge in [-0.25, -0.2) is 4.39 Å². The molecule has 42 heavy (non-hydrogen) atoms. The Morgan fingerprint density at radius 2 is 1.83 bits per heavy atom. The Hall–Kier alpha value is -3.79. The van der Waals surface area contributed by atoms with Crippen molar-refractivity contribution in [1.29, 1.82) is 0 Å². The lowest BCUT2D eigenvalue weighted by Crippen LogP contribution is -2.48. The third-order valence-electron chi connectivity index (χ3n) is 7.74. The molecule has 6 rings (SSSR count). The molecule has 0 bridgehead atoms. The molecule has 1 aliphatic heterocycles. The average molecular weight is 591 g/mol. The van der Waals surface area contributed by atoms with E-state index in [4.69, 9.17) is 16.3 Å². The minimum absolute atomic E-state index is 0.190. The van der Waals surface area contributed by atoms with Crippen molar-refractivity contribution in [3.05, 3.63) is 94.4 Å². The van der Waals surface area contributed by atoms with Gasteiger partial charge in [0.25, 0.3) is 5.91 Å². The molecular formula is C32H32ClFN4O4. The third kappa shape index (κ3) is 6.64. The van der Waals surface area contributed by atoms with Gasteiger partial charge < -0.3 is 20.1 Å². The second-order valence-electron chi connectivity index (χ2n) is 11.1. The lowest BCUT2D eigenvalue weighted by molar-refractivity contribution is -0.118. The number of hydrogen-bond donors (Lipinski definition) is 2. The first-order valence-electron chi connectivity index (χ1n) is 14.3. The molecular weight excluding hydrogens is 559 g/mol. The molecule has 10 heteroatoms. The van der Waals surface area contributed by atoms with E-state index in [1.807, 2.05) is 0 Å². The smallest absolute Gasteiger partial charge is 0.292 e. The Morgan fingerprint density at radius 3 is 2.55 bits per heavy atom. The van der Waals surface area contributed by atoms with Crippen molar-refractivity contribution in [3.8, 4) is 5.75 Å². The summed E-state index contributed by atoms with van der Waals surface area (Å²) in [5, 5.41) is 19.8. The van der Waals surface area contributed by atoms with E-state index >= 15 is 0 Å². The largest absolute Gasteiger partial charge is 0.489 e. The number of ether oxygens (including phenoxy) is 1. The van der Waals surface area contributed by atoms with Crippen LogP contribution in [0.15, 0.2) is 66.9 Å². The molecule has 0 unspecified atom stereocenters. The lowest BCUT2D eigenvalue weighted by atomic mass is 10.0. The van der Waals surface area contributed by atoms with Gasteiger partial charge in [0, 0.05) is 23.7 Å². The van der Waals surface area contributed by atoms with Crippen LogP contribution in [-0.2, 0) is 11.3 Å². The summed E-state index contributed by atoms with van der Waals surface area (Å²) >= 11 is 6.45. The Morgan fingerprint density at radius 1 is 1.07 bits per heavy atom. The molecule has 1 aromatic heterocycles. The number of rotatable bonds is 11. The van der Waals surface area contributed by atoms with E-state index in [2.05, 4.69) is 15.3 Å².